The fraction of sp³-hybridized carbons (Fsp3) is 0. The van der Waals surface area contributed by atoms with E-state index in [4.69, 9.17) is 17.7 Å². The molecule has 8 heteroatoms. The van der Waals surface area contributed by atoms with E-state index in [1.165, 1.54) is 5.39 Å². The quantitative estimate of drug-likeness (QED) is 0.113. The van der Waals surface area contributed by atoms with E-state index in [0.29, 0.717) is 0 Å². The summed E-state index contributed by atoms with van der Waals surface area (Å²) in [5.74, 6) is 0. The highest BCUT2D eigenvalue weighted by atomic mass is 16.3. The fourth-order valence-electron chi connectivity index (χ4n) is 18.5. The maximum absolute atomic E-state index is 7.37. The van der Waals surface area contributed by atoms with Crippen molar-refractivity contribution in [3.63, 3.8) is 0 Å². The van der Waals surface area contributed by atoms with Crippen molar-refractivity contribution in [3.8, 4) is 11.1 Å². The zero-order valence-electron chi connectivity index (χ0n) is 62.5. The summed E-state index contributed by atoms with van der Waals surface area (Å²) in [6, 6.07) is 144. The molecule has 4 heterocycles. The molecule has 4 aromatic heterocycles. The lowest BCUT2D eigenvalue weighted by Crippen LogP contribution is -2.11. The molecule has 24 rings (SSSR count). The minimum atomic E-state index is 0.787. The highest BCUT2D eigenvalue weighted by molar-refractivity contribution is 6.29. The number of furan rings is 4. The zero-order valence-corrected chi connectivity index (χ0v) is 62.5. The minimum Gasteiger partial charge on any atom is -0.455 e. The summed E-state index contributed by atoms with van der Waals surface area (Å²) < 4.78 is 28.6. The predicted molar refractivity (Wildman–Crippen MR) is 485 cm³/mol. The Kier molecular flexibility index (Phi) is 14.6. The highest BCUT2D eigenvalue weighted by Gasteiger charge is 2.30. The van der Waals surface area contributed by atoms with Gasteiger partial charge in [0.1, 0.15) is 33.5 Å². The molecule has 0 saturated carbocycles. The van der Waals surface area contributed by atoms with Gasteiger partial charge in [0, 0.05) is 120 Å². The average Bonchev–Trinajstić information content (AvgIpc) is 1.55. The zero-order chi connectivity index (χ0) is 76.1. The Balaban J connectivity index is 0.673. The van der Waals surface area contributed by atoms with Gasteiger partial charge in [-0.05, 0) is 131 Å². The van der Waals surface area contributed by atoms with Crippen molar-refractivity contribution >= 4 is 221 Å². The van der Waals surface area contributed by atoms with Crippen molar-refractivity contribution < 1.29 is 17.7 Å². The molecule has 0 aliphatic rings. The van der Waals surface area contributed by atoms with Crippen LogP contribution in [-0.2, 0) is 0 Å². The molecule has 8 nitrogen and oxygen atoms in total. The number of anilines is 12. The SMILES string of the molecule is c1ccc(N(c2cccc3ccccc23)c2cc3c4cc(N(c5ccc(-c6ccc(N(c7cc8c9cc(N(c%10ccccc%10)c%10cccc%11c%10oc%10ccccc%10%11)c%10ccccc%10c9oc8c8ccccc78)c7cccc8c7oc7ccccc78)cc6)cc5)c5cccc6ccccc56)c5ccccc5c4oc3c3ccccc23)cc1. The van der Waals surface area contributed by atoms with Crippen LogP contribution in [0.1, 0.15) is 0 Å². The van der Waals surface area contributed by atoms with E-state index in [2.05, 4.69) is 408 Å². The van der Waals surface area contributed by atoms with Crippen molar-refractivity contribution in [2.75, 3.05) is 19.6 Å². The molecule has 0 aliphatic carbocycles. The molecule has 542 valence electrons. The van der Waals surface area contributed by atoms with Crippen molar-refractivity contribution in [3.05, 3.63) is 400 Å². The molecule has 0 bridgehead atoms. The third-order valence-corrected chi connectivity index (χ3v) is 23.7. The first-order valence-electron chi connectivity index (χ1n) is 39.4. The van der Waals surface area contributed by atoms with E-state index < -0.39 is 0 Å². The largest absolute Gasteiger partial charge is 0.455 e. The lowest BCUT2D eigenvalue weighted by molar-refractivity contribution is 0.669. The second-order valence-electron chi connectivity index (χ2n) is 30.1. The van der Waals surface area contributed by atoms with Gasteiger partial charge in [0.2, 0.25) is 0 Å². The average molecular weight is 1480 g/mol. The lowest BCUT2D eigenvalue weighted by atomic mass is 9.98. The molecular formula is C108H66N4O4. The third kappa shape index (κ3) is 10.1. The summed E-state index contributed by atoms with van der Waals surface area (Å²) in [5.41, 5.74) is 20.7. The number of rotatable bonds is 13. The second kappa shape index (κ2) is 26.0. The molecule has 0 atom stereocenters. The van der Waals surface area contributed by atoms with Crippen LogP contribution in [0.25, 0.3) is 164 Å². The fourth-order valence-corrected chi connectivity index (χ4v) is 18.5. The van der Waals surface area contributed by atoms with Crippen LogP contribution in [0, 0.1) is 0 Å². The molecule has 0 N–H and O–H groups in total. The number of para-hydroxylation sites is 6. The first kappa shape index (κ1) is 65.1. The third-order valence-electron chi connectivity index (χ3n) is 23.7. The van der Waals surface area contributed by atoms with Gasteiger partial charge in [0.05, 0.1) is 45.5 Å². The lowest BCUT2D eigenvalue weighted by Gasteiger charge is -2.29. The summed E-state index contributed by atoms with van der Waals surface area (Å²) >= 11 is 0. The second-order valence-corrected chi connectivity index (χ2v) is 30.1. The number of fused-ring (bicyclic) bond motifs is 22. The Hall–Kier alpha value is -15.6. The van der Waals surface area contributed by atoms with Gasteiger partial charge < -0.3 is 37.3 Å². The van der Waals surface area contributed by atoms with Gasteiger partial charge in [-0.1, -0.05) is 291 Å². The van der Waals surface area contributed by atoms with E-state index in [1.807, 2.05) is 12.1 Å². The summed E-state index contributed by atoms with van der Waals surface area (Å²) in [7, 11) is 0. The van der Waals surface area contributed by atoms with Crippen LogP contribution in [0.15, 0.2) is 418 Å². The highest BCUT2D eigenvalue weighted by Crippen LogP contribution is 2.55. The topological polar surface area (TPSA) is 65.5 Å². The summed E-state index contributed by atoms with van der Waals surface area (Å²) in [4.78, 5) is 9.62. The molecule has 0 radical (unpaired) electrons. The molecule has 0 saturated heterocycles. The Bertz CT molecular complexity index is 8110. The summed E-state index contributed by atoms with van der Waals surface area (Å²) in [6.07, 6.45) is 0. The van der Waals surface area contributed by atoms with E-state index in [-0.39, 0.29) is 0 Å². The predicted octanol–water partition coefficient (Wildman–Crippen LogP) is 31.7. The maximum atomic E-state index is 7.37. The van der Waals surface area contributed by atoms with Crippen LogP contribution >= 0.6 is 0 Å². The van der Waals surface area contributed by atoms with Crippen molar-refractivity contribution in [2.24, 2.45) is 0 Å². The van der Waals surface area contributed by atoms with E-state index in [9.17, 15) is 0 Å². The smallest absolute Gasteiger partial charge is 0.159 e. The molecule has 0 amide bonds. The van der Waals surface area contributed by atoms with Gasteiger partial charge in [-0.15, -0.1) is 0 Å². The van der Waals surface area contributed by atoms with Gasteiger partial charge >= 0.3 is 0 Å². The van der Waals surface area contributed by atoms with Crippen LogP contribution < -0.4 is 19.6 Å². The summed E-state index contributed by atoms with van der Waals surface area (Å²) in [6.45, 7) is 0. The van der Waals surface area contributed by atoms with Crippen LogP contribution in [0.2, 0.25) is 0 Å². The minimum absolute atomic E-state index is 0.787. The van der Waals surface area contributed by atoms with Gasteiger partial charge in [0.15, 0.2) is 11.2 Å². The van der Waals surface area contributed by atoms with E-state index in [1.54, 1.807) is 0 Å². The monoisotopic (exact) mass is 1480 g/mol. The number of benzene rings is 20. The molecule has 20 aromatic carbocycles. The van der Waals surface area contributed by atoms with Crippen LogP contribution in [0.5, 0.6) is 0 Å². The van der Waals surface area contributed by atoms with Gasteiger partial charge in [-0.25, -0.2) is 0 Å². The van der Waals surface area contributed by atoms with E-state index in [0.717, 1.165) is 226 Å². The first-order chi connectivity index (χ1) is 57.6. The first-order valence-corrected chi connectivity index (χ1v) is 39.4. The Morgan fingerprint density at radius 2 is 0.379 bits per heavy atom. The molecule has 0 aliphatic heterocycles. The van der Waals surface area contributed by atoms with Gasteiger partial charge in [-0.2, -0.15) is 0 Å². The molecular weight excluding hydrogens is 1420 g/mol. The van der Waals surface area contributed by atoms with Crippen LogP contribution in [0.3, 0.4) is 0 Å². The normalized spacial score (nSPS) is 12.0. The Labute approximate surface area is 665 Å². The molecule has 116 heavy (non-hydrogen) atoms. The van der Waals surface area contributed by atoms with E-state index >= 15 is 0 Å². The molecule has 0 spiro atoms. The molecule has 0 fully saturated rings. The van der Waals surface area contributed by atoms with Crippen LogP contribution in [0.4, 0.5) is 68.2 Å². The summed E-state index contributed by atoms with van der Waals surface area (Å²) in [5, 5.41) is 21.1. The Morgan fingerprint density at radius 1 is 0.138 bits per heavy atom. The molecule has 24 aromatic rings. The van der Waals surface area contributed by atoms with Crippen molar-refractivity contribution in [2.45, 2.75) is 0 Å². The maximum Gasteiger partial charge on any atom is 0.159 e. The standard InChI is InChI=1S/C108H66N4O4/c1-3-31-71(32-4-1)109(93-49-23-29-69-27-7-9-35-75(69)93)97-63-89-90-64-98(78-38-12-16-44-84(78)104(90)115-103(89)83-43-15-11-37-77(83)97)110(94-50-24-30-70-28-8-10-36-76(70)94)73-59-55-67(56-60-73)68-57-61-74(62-58-68)112(96-52-26-48-88-82-42-20-22-54-102(82)114-108(88)96)100-66-92-91-65-99(79-39-13-17-45-85(79)105(91)116-106(92)86-46-18-14-40-80(86)100)111(72-33-5-2-6-34-72)95-51-25-47-87-81-41-19-21-53-101(81)113-107(87)95/h1-66H. The number of hydrogen-bond donors (Lipinski definition) is 0. The van der Waals surface area contributed by atoms with Crippen LogP contribution in [-0.4, -0.2) is 0 Å². The number of hydrogen-bond acceptors (Lipinski definition) is 8. The molecule has 0 unspecified atom stereocenters. The van der Waals surface area contributed by atoms with Gasteiger partial charge in [-0.3, -0.25) is 0 Å². The Morgan fingerprint density at radius 3 is 0.733 bits per heavy atom. The van der Waals surface area contributed by atoms with Crippen molar-refractivity contribution in [1.29, 1.82) is 0 Å². The van der Waals surface area contributed by atoms with Gasteiger partial charge in [0.25, 0.3) is 0 Å². The number of nitrogens with zero attached hydrogens (tertiary/aromatic N) is 4. The van der Waals surface area contributed by atoms with Crippen molar-refractivity contribution in [1.82, 2.24) is 0 Å².